The van der Waals surface area contributed by atoms with Crippen LogP contribution in [-0.4, -0.2) is 55.3 Å². The van der Waals surface area contributed by atoms with Gasteiger partial charge in [0.05, 0.1) is 5.52 Å². The van der Waals surface area contributed by atoms with Crippen LogP contribution in [0.15, 0.2) is 77.8 Å². The summed E-state index contributed by atoms with van der Waals surface area (Å²) in [6.07, 6.45) is 5.87. The van der Waals surface area contributed by atoms with Gasteiger partial charge < -0.3 is 0 Å². The molecule has 0 unspecified atom stereocenters. The van der Waals surface area contributed by atoms with Gasteiger partial charge in [-0.05, 0) is 17.7 Å². The third kappa shape index (κ3) is 3.99. The van der Waals surface area contributed by atoms with E-state index < -0.39 is 10.0 Å². The first kappa shape index (κ1) is 18.8. The van der Waals surface area contributed by atoms with Crippen molar-refractivity contribution in [2.24, 2.45) is 0 Å². The summed E-state index contributed by atoms with van der Waals surface area (Å²) in [5.74, 6) is 0. The molecule has 6 heteroatoms. The molecule has 0 spiro atoms. The van der Waals surface area contributed by atoms with Crippen molar-refractivity contribution in [1.29, 1.82) is 0 Å². The molecule has 4 rings (SSSR count). The number of fused-ring (bicyclic) bond motifs is 1. The molecule has 0 aliphatic carbocycles. The minimum Gasteiger partial charge on any atom is -0.297 e. The van der Waals surface area contributed by atoms with Crippen LogP contribution in [0.4, 0.5) is 0 Å². The Hall–Kier alpha value is -2.54. The lowest BCUT2D eigenvalue weighted by Crippen LogP contribution is -2.48. The molecule has 0 radical (unpaired) electrons. The largest absolute Gasteiger partial charge is 0.297 e. The molecular weight excluding hydrogens is 370 g/mol. The Morgan fingerprint density at radius 1 is 0.893 bits per heavy atom. The number of hydrogen-bond acceptors (Lipinski definition) is 4. The average Bonchev–Trinajstić information content (AvgIpc) is 2.74. The Balaban J connectivity index is 1.42. The van der Waals surface area contributed by atoms with Crippen molar-refractivity contribution < 1.29 is 8.42 Å². The molecular formula is C22H23N3O2S. The first-order valence-corrected chi connectivity index (χ1v) is 10.9. The minimum atomic E-state index is -3.55. The van der Waals surface area contributed by atoms with Crippen molar-refractivity contribution in [1.82, 2.24) is 14.2 Å². The number of piperazine rings is 1. The molecule has 5 nitrogen and oxygen atoms in total. The van der Waals surface area contributed by atoms with Crippen molar-refractivity contribution in [3.8, 4) is 0 Å². The van der Waals surface area contributed by atoms with Crippen LogP contribution in [0.3, 0.4) is 0 Å². The van der Waals surface area contributed by atoms with Gasteiger partial charge in [-0.2, -0.15) is 4.31 Å². The molecule has 0 bridgehead atoms. The fraction of sp³-hybridized carbons (Fsp3) is 0.227. The summed E-state index contributed by atoms with van der Waals surface area (Å²) in [6.45, 7) is 3.24. The number of nitrogens with zero attached hydrogens (tertiary/aromatic N) is 3. The lowest BCUT2D eigenvalue weighted by atomic mass is 10.2. The van der Waals surface area contributed by atoms with Crippen LogP contribution < -0.4 is 0 Å². The number of sulfonamides is 1. The molecule has 3 aromatic rings. The molecule has 0 saturated carbocycles. The second kappa shape index (κ2) is 8.22. The van der Waals surface area contributed by atoms with Gasteiger partial charge in [0.2, 0.25) is 10.0 Å². The monoisotopic (exact) mass is 393 g/mol. The summed E-state index contributed by atoms with van der Waals surface area (Å²) < 4.78 is 27.9. The third-order valence-electron chi connectivity index (χ3n) is 5.02. The van der Waals surface area contributed by atoms with E-state index in [0.29, 0.717) is 23.5 Å². The molecule has 1 aliphatic heterocycles. The number of aromatic nitrogens is 1. The van der Waals surface area contributed by atoms with Crippen LogP contribution in [-0.2, 0) is 10.0 Å². The first-order valence-electron chi connectivity index (χ1n) is 9.42. The Bertz CT molecular complexity index is 1070. The third-order valence-corrected chi connectivity index (χ3v) is 6.95. The Morgan fingerprint density at radius 3 is 2.43 bits per heavy atom. The molecule has 1 aliphatic rings. The van der Waals surface area contributed by atoms with Crippen LogP contribution in [0.2, 0.25) is 0 Å². The van der Waals surface area contributed by atoms with Crippen molar-refractivity contribution >= 4 is 27.0 Å². The van der Waals surface area contributed by atoms with Gasteiger partial charge in [0, 0.05) is 44.3 Å². The average molecular weight is 394 g/mol. The van der Waals surface area contributed by atoms with Crippen molar-refractivity contribution in [2.45, 2.75) is 4.90 Å². The van der Waals surface area contributed by atoms with E-state index in [-0.39, 0.29) is 0 Å². The van der Waals surface area contributed by atoms with E-state index >= 15 is 0 Å². The van der Waals surface area contributed by atoms with Crippen LogP contribution in [0, 0.1) is 0 Å². The SMILES string of the molecule is O=S(=O)(c1cccc2cccnc12)N1CCN(CC=Cc2ccccc2)CC1. The van der Waals surface area contributed by atoms with Crippen LogP contribution in [0.5, 0.6) is 0 Å². The van der Waals surface area contributed by atoms with Gasteiger partial charge in [-0.3, -0.25) is 9.88 Å². The summed E-state index contributed by atoms with van der Waals surface area (Å²) in [5.41, 5.74) is 1.71. The molecule has 144 valence electrons. The van der Waals surface area contributed by atoms with E-state index in [2.05, 4.69) is 34.2 Å². The van der Waals surface area contributed by atoms with Crippen LogP contribution in [0.1, 0.15) is 5.56 Å². The second-order valence-corrected chi connectivity index (χ2v) is 8.76. The van der Waals surface area contributed by atoms with Crippen molar-refractivity contribution in [2.75, 3.05) is 32.7 Å². The van der Waals surface area contributed by atoms with Crippen LogP contribution >= 0.6 is 0 Å². The highest BCUT2D eigenvalue weighted by molar-refractivity contribution is 7.89. The van der Waals surface area contributed by atoms with Crippen molar-refractivity contribution in [3.05, 3.63) is 78.5 Å². The number of rotatable bonds is 5. The molecule has 0 N–H and O–H groups in total. The molecule has 1 fully saturated rings. The predicted molar refractivity (Wildman–Crippen MR) is 112 cm³/mol. The normalized spacial score (nSPS) is 16.7. The lowest BCUT2D eigenvalue weighted by Gasteiger charge is -2.33. The highest BCUT2D eigenvalue weighted by Crippen LogP contribution is 2.24. The second-order valence-electron chi connectivity index (χ2n) is 6.85. The standard InChI is InChI=1S/C22H23N3O2S/c26-28(27,21-12-4-10-20-11-5-13-23-22(20)21)25-17-15-24(16-18-25)14-6-9-19-7-2-1-3-8-19/h1-13H,14-18H2. The topological polar surface area (TPSA) is 53.5 Å². The zero-order valence-electron chi connectivity index (χ0n) is 15.6. The summed E-state index contributed by atoms with van der Waals surface area (Å²) >= 11 is 0. The smallest absolute Gasteiger partial charge is 0.245 e. The molecule has 1 aromatic heterocycles. The van der Waals surface area contributed by atoms with E-state index in [4.69, 9.17) is 0 Å². The molecule has 0 atom stereocenters. The maximum atomic E-state index is 13.2. The number of para-hydroxylation sites is 1. The molecule has 2 aromatic carbocycles. The summed E-state index contributed by atoms with van der Waals surface area (Å²) in [6, 6.07) is 19.2. The molecule has 1 saturated heterocycles. The highest BCUT2D eigenvalue weighted by atomic mass is 32.2. The van der Waals surface area contributed by atoms with Gasteiger partial charge in [-0.15, -0.1) is 0 Å². The van der Waals surface area contributed by atoms with Gasteiger partial charge in [0.1, 0.15) is 4.90 Å². The quantitative estimate of drug-likeness (QED) is 0.668. The van der Waals surface area contributed by atoms with Crippen molar-refractivity contribution in [3.63, 3.8) is 0 Å². The zero-order valence-corrected chi connectivity index (χ0v) is 16.4. The van der Waals surface area contributed by atoms with Gasteiger partial charge >= 0.3 is 0 Å². The molecule has 0 amide bonds. The number of benzene rings is 2. The van der Waals surface area contributed by atoms with E-state index in [1.807, 2.05) is 36.4 Å². The fourth-order valence-corrected chi connectivity index (χ4v) is 5.07. The molecule has 28 heavy (non-hydrogen) atoms. The maximum Gasteiger partial charge on any atom is 0.245 e. The van der Waals surface area contributed by atoms with Gasteiger partial charge in [0.25, 0.3) is 0 Å². The number of pyridine rings is 1. The first-order chi connectivity index (χ1) is 13.6. The van der Waals surface area contributed by atoms with Gasteiger partial charge in [-0.1, -0.05) is 60.7 Å². The maximum absolute atomic E-state index is 13.2. The van der Waals surface area contributed by atoms with Gasteiger partial charge in [-0.25, -0.2) is 8.42 Å². The molecule has 2 heterocycles. The Labute approximate surface area is 166 Å². The Morgan fingerprint density at radius 2 is 1.64 bits per heavy atom. The number of hydrogen-bond donors (Lipinski definition) is 0. The predicted octanol–water partition coefficient (Wildman–Crippen LogP) is 3.25. The van der Waals surface area contributed by atoms with E-state index in [1.165, 1.54) is 5.56 Å². The summed E-state index contributed by atoms with van der Waals surface area (Å²) in [5, 5.41) is 0.841. The van der Waals surface area contributed by atoms with Gasteiger partial charge in [0.15, 0.2) is 0 Å². The Kier molecular flexibility index (Phi) is 5.52. The highest BCUT2D eigenvalue weighted by Gasteiger charge is 2.29. The fourth-order valence-electron chi connectivity index (χ4n) is 3.48. The zero-order chi connectivity index (χ0) is 19.4. The summed E-state index contributed by atoms with van der Waals surface area (Å²) in [7, 11) is -3.55. The minimum absolute atomic E-state index is 0.294. The van der Waals surface area contributed by atoms with E-state index in [9.17, 15) is 8.42 Å². The van der Waals surface area contributed by atoms with E-state index in [1.54, 1.807) is 22.6 Å². The summed E-state index contributed by atoms with van der Waals surface area (Å²) in [4.78, 5) is 6.87. The van der Waals surface area contributed by atoms with Crippen LogP contribution in [0.25, 0.3) is 17.0 Å². The lowest BCUT2D eigenvalue weighted by molar-refractivity contribution is 0.204. The van der Waals surface area contributed by atoms with E-state index in [0.717, 1.165) is 25.0 Å².